The molecule has 2 aromatic rings. The van der Waals surface area contributed by atoms with Crippen LogP contribution in [0.1, 0.15) is 38.5 Å². The highest BCUT2D eigenvalue weighted by Gasteiger charge is 2.06. The van der Waals surface area contributed by atoms with Crippen LogP contribution in [0.2, 0.25) is 0 Å². The van der Waals surface area contributed by atoms with Crippen molar-refractivity contribution in [3.63, 3.8) is 0 Å². The van der Waals surface area contributed by atoms with Gasteiger partial charge in [-0.05, 0) is 37.1 Å². The molecule has 6 nitrogen and oxygen atoms in total. The molecule has 0 bridgehead atoms. The number of hydrogen-bond acceptors (Lipinski definition) is 6. The average molecular weight is 393 g/mol. The first-order valence-corrected chi connectivity index (χ1v) is 9.15. The molecule has 0 aliphatic heterocycles. The zero-order valence-corrected chi connectivity index (χ0v) is 15.8. The molecule has 0 aromatic carbocycles. The standard InChI is InChI=1S/C18H20N2O4S2/c21-17(23-19-13-7-5-9-15(19)25)11-3-1-2-4-12-18(22)24-20-14-8-6-10-16(20)26/h5-10,13-14H,1-4,11-12H2. The maximum absolute atomic E-state index is 11.8. The van der Waals surface area contributed by atoms with Crippen LogP contribution in [0.5, 0.6) is 0 Å². The van der Waals surface area contributed by atoms with E-state index >= 15 is 0 Å². The van der Waals surface area contributed by atoms with Crippen molar-refractivity contribution in [1.82, 2.24) is 9.46 Å². The van der Waals surface area contributed by atoms with Gasteiger partial charge in [-0.3, -0.25) is 0 Å². The Balaban J connectivity index is 1.58. The predicted molar refractivity (Wildman–Crippen MR) is 101 cm³/mol. The maximum Gasteiger partial charge on any atom is 0.332 e. The quantitative estimate of drug-likeness (QED) is 0.479. The van der Waals surface area contributed by atoms with Crippen LogP contribution in [-0.4, -0.2) is 21.4 Å². The van der Waals surface area contributed by atoms with Crippen molar-refractivity contribution in [2.24, 2.45) is 0 Å². The molecule has 0 unspecified atom stereocenters. The first-order chi connectivity index (χ1) is 12.6. The van der Waals surface area contributed by atoms with Crippen LogP contribution in [-0.2, 0) is 9.59 Å². The molecule has 0 saturated heterocycles. The Labute approximate surface area is 161 Å². The number of rotatable bonds is 9. The number of nitrogens with zero attached hydrogens (tertiary/aromatic N) is 2. The molecule has 0 atom stereocenters. The molecule has 2 aromatic heterocycles. The molecular weight excluding hydrogens is 372 g/mol. The molecule has 2 rings (SSSR count). The minimum atomic E-state index is -0.329. The van der Waals surface area contributed by atoms with Crippen molar-refractivity contribution in [1.29, 1.82) is 0 Å². The largest absolute Gasteiger partial charge is 0.336 e. The summed E-state index contributed by atoms with van der Waals surface area (Å²) >= 11 is 10.1. The Morgan fingerprint density at radius 1 is 0.731 bits per heavy atom. The summed E-state index contributed by atoms with van der Waals surface area (Å²) in [6.45, 7) is 0. The van der Waals surface area contributed by atoms with Gasteiger partial charge in [-0.25, -0.2) is 9.59 Å². The number of aromatic nitrogens is 2. The van der Waals surface area contributed by atoms with E-state index in [0.29, 0.717) is 35.0 Å². The third kappa shape index (κ3) is 6.89. The molecule has 2 heterocycles. The van der Waals surface area contributed by atoms with Gasteiger partial charge >= 0.3 is 11.9 Å². The van der Waals surface area contributed by atoms with Crippen LogP contribution >= 0.6 is 24.4 Å². The lowest BCUT2D eigenvalue weighted by Gasteiger charge is -2.07. The van der Waals surface area contributed by atoms with E-state index in [1.54, 1.807) is 48.8 Å². The molecule has 8 heteroatoms. The highest BCUT2D eigenvalue weighted by molar-refractivity contribution is 7.71. The second-order valence-corrected chi connectivity index (χ2v) is 6.41. The summed E-state index contributed by atoms with van der Waals surface area (Å²) in [6.07, 6.45) is 6.85. The number of hydrogen-bond donors (Lipinski definition) is 0. The molecule has 0 N–H and O–H groups in total. The van der Waals surface area contributed by atoms with Crippen molar-refractivity contribution in [3.8, 4) is 0 Å². The number of carbonyl (C=O) groups excluding carboxylic acids is 2. The van der Waals surface area contributed by atoms with E-state index in [9.17, 15) is 9.59 Å². The van der Waals surface area contributed by atoms with Crippen LogP contribution in [0.4, 0.5) is 0 Å². The summed E-state index contributed by atoms with van der Waals surface area (Å²) in [6, 6.07) is 10.4. The van der Waals surface area contributed by atoms with E-state index in [1.807, 2.05) is 0 Å². The van der Waals surface area contributed by atoms with E-state index in [4.69, 9.17) is 34.1 Å². The van der Waals surface area contributed by atoms with Crippen molar-refractivity contribution >= 4 is 36.4 Å². The third-order valence-corrected chi connectivity index (χ3v) is 4.12. The van der Waals surface area contributed by atoms with E-state index < -0.39 is 0 Å². The first kappa shape index (κ1) is 20.0. The van der Waals surface area contributed by atoms with E-state index in [0.717, 1.165) is 12.8 Å². The van der Waals surface area contributed by atoms with E-state index in [2.05, 4.69) is 0 Å². The normalized spacial score (nSPS) is 10.3. The van der Waals surface area contributed by atoms with Crippen molar-refractivity contribution in [3.05, 3.63) is 58.1 Å². The van der Waals surface area contributed by atoms with Crippen molar-refractivity contribution in [2.75, 3.05) is 0 Å². The average Bonchev–Trinajstić information content (AvgIpc) is 2.62. The lowest BCUT2D eigenvalue weighted by atomic mass is 10.1. The van der Waals surface area contributed by atoms with Crippen molar-refractivity contribution < 1.29 is 19.3 Å². The second-order valence-electron chi connectivity index (χ2n) is 5.57. The van der Waals surface area contributed by atoms with E-state index in [1.165, 1.54) is 9.46 Å². The third-order valence-electron chi connectivity index (χ3n) is 3.49. The molecule has 0 fully saturated rings. The van der Waals surface area contributed by atoms with Gasteiger partial charge in [0.25, 0.3) is 0 Å². The maximum atomic E-state index is 11.8. The van der Waals surface area contributed by atoms with E-state index in [-0.39, 0.29) is 11.9 Å². The highest BCUT2D eigenvalue weighted by Crippen LogP contribution is 2.06. The fourth-order valence-corrected chi connectivity index (χ4v) is 2.53. The highest BCUT2D eigenvalue weighted by atomic mass is 32.1. The smallest absolute Gasteiger partial charge is 0.332 e. The van der Waals surface area contributed by atoms with Gasteiger partial charge in [-0.2, -0.15) is 9.46 Å². The van der Waals surface area contributed by atoms with Crippen LogP contribution in [0, 0.1) is 9.28 Å². The molecular formula is C18H20N2O4S2. The molecule has 26 heavy (non-hydrogen) atoms. The molecule has 0 aliphatic rings. The SMILES string of the molecule is O=C(CCCCCCC(=O)On1ccccc1=S)On1ccccc1=S. The van der Waals surface area contributed by atoms with Crippen LogP contribution in [0.15, 0.2) is 48.8 Å². The Kier molecular flexibility index (Phi) is 8.17. The summed E-state index contributed by atoms with van der Waals surface area (Å²) in [5.74, 6) is -0.657. The molecule has 0 aliphatic carbocycles. The van der Waals surface area contributed by atoms with Crippen LogP contribution < -0.4 is 9.68 Å². The zero-order chi connectivity index (χ0) is 18.8. The number of unbranched alkanes of at least 4 members (excludes halogenated alkanes) is 3. The van der Waals surface area contributed by atoms with Crippen LogP contribution in [0.3, 0.4) is 0 Å². The summed E-state index contributed by atoms with van der Waals surface area (Å²) in [5, 5.41) is 0. The minimum Gasteiger partial charge on any atom is -0.336 e. The van der Waals surface area contributed by atoms with Crippen molar-refractivity contribution in [2.45, 2.75) is 38.5 Å². The zero-order valence-electron chi connectivity index (χ0n) is 14.2. The Bertz CT molecular complexity index is 789. The fraction of sp³-hybridized carbons (Fsp3) is 0.333. The number of carbonyl (C=O) groups is 2. The Morgan fingerprint density at radius 2 is 1.15 bits per heavy atom. The lowest BCUT2D eigenvalue weighted by molar-refractivity contribution is -0.145. The Morgan fingerprint density at radius 3 is 1.54 bits per heavy atom. The monoisotopic (exact) mass is 392 g/mol. The Hall–Kier alpha value is -2.32. The second kappa shape index (κ2) is 10.6. The molecule has 0 radical (unpaired) electrons. The van der Waals surface area contributed by atoms with Gasteiger partial charge in [0.15, 0.2) is 0 Å². The van der Waals surface area contributed by atoms with Gasteiger partial charge in [0.1, 0.15) is 9.28 Å². The topological polar surface area (TPSA) is 62.5 Å². The summed E-state index contributed by atoms with van der Waals surface area (Å²) in [5.41, 5.74) is 0. The summed E-state index contributed by atoms with van der Waals surface area (Å²) in [7, 11) is 0. The van der Waals surface area contributed by atoms with Gasteiger partial charge in [0.2, 0.25) is 0 Å². The molecule has 0 amide bonds. The van der Waals surface area contributed by atoms with Gasteiger partial charge in [-0.1, -0.05) is 49.4 Å². The molecule has 0 spiro atoms. The fourth-order valence-electron chi connectivity index (χ4n) is 2.18. The van der Waals surface area contributed by atoms with Gasteiger partial charge in [0.05, 0.1) is 0 Å². The van der Waals surface area contributed by atoms with Gasteiger partial charge in [-0.15, -0.1) is 0 Å². The summed E-state index contributed by atoms with van der Waals surface area (Å²) < 4.78 is 3.45. The molecule has 138 valence electrons. The number of pyridine rings is 2. The summed E-state index contributed by atoms with van der Waals surface area (Å²) in [4.78, 5) is 33.8. The lowest BCUT2D eigenvalue weighted by Crippen LogP contribution is -2.20. The molecule has 0 saturated carbocycles. The first-order valence-electron chi connectivity index (χ1n) is 8.34. The van der Waals surface area contributed by atoms with Gasteiger partial charge < -0.3 is 9.68 Å². The predicted octanol–water partition coefficient (Wildman–Crippen LogP) is 3.70. The van der Waals surface area contributed by atoms with Crippen LogP contribution in [0.25, 0.3) is 0 Å². The van der Waals surface area contributed by atoms with Gasteiger partial charge in [0, 0.05) is 25.2 Å². The minimum absolute atomic E-state index is 0.306.